The molecule has 0 aliphatic heterocycles. The Morgan fingerprint density at radius 2 is 1.88 bits per heavy atom. The van der Waals surface area contributed by atoms with Gasteiger partial charge in [0.1, 0.15) is 11.5 Å². The van der Waals surface area contributed by atoms with Crippen LogP contribution in [0, 0.1) is 0 Å². The molecule has 3 aromatic rings. The minimum atomic E-state index is -0.789. The van der Waals surface area contributed by atoms with Crippen LogP contribution < -0.4 is 4.74 Å². The zero-order valence-corrected chi connectivity index (χ0v) is 13.7. The number of hydrogen-bond donors (Lipinski definition) is 1. The summed E-state index contributed by atoms with van der Waals surface area (Å²) in [6.45, 7) is 0.581. The number of carboxylic acid groups (broad SMARTS) is 1. The number of aliphatic carboxylic acids is 1. The van der Waals surface area contributed by atoms with Crippen LogP contribution in [0.5, 0.6) is 11.5 Å². The highest BCUT2D eigenvalue weighted by molar-refractivity contribution is 5.66. The van der Waals surface area contributed by atoms with Crippen LogP contribution >= 0.6 is 0 Å². The number of nitrogens with zero attached hydrogens (tertiary/aromatic N) is 3. The van der Waals surface area contributed by atoms with Gasteiger partial charge in [-0.05, 0) is 42.7 Å². The smallest absolute Gasteiger partial charge is 0.303 e. The molecule has 0 fully saturated rings. The van der Waals surface area contributed by atoms with Crippen LogP contribution in [0.3, 0.4) is 0 Å². The van der Waals surface area contributed by atoms with Crippen molar-refractivity contribution in [1.82, 2.24) is 15.0 Å². The van der Waals surface area contributed by atoms with E-state index in [1.807, 2.05) is 60.8 Å². The lowest BCUT2D eigenvalue weighted by Crippen LogP contribution is -2.00. The van der Waals surface area contributed by atoms with E-state index in [1.165, 1.54) is 0 Å². The number of aryl methyl sites for hydroxylation is 1. The van der Waals surface area contributed by atoms with Gasteiger partial charge in [0, 0.05) is 12.6 Å². The second-order valence-electron chi connectivity index (χ2n) is 5.72. The Kier molecular flexibility index (Phi) is 5.41. The van der Waals surface area contributed by atoms with Crippen LogP contribution in [-0.2, 0) is 17.8 Å². The molecule has 1 heterocycles. The van der Waals surface area contributed by atoms with Gasteiger partial charge < -0.3 is 9.84 Å². The highest BCUT2D eigenvalue weighted by atomic mass is 16.5. The molecule has 0 aliphatic carbocycles. The van der Waals surface area contributed by atoms with Crippen molar-refractivity contribution in [3.8, 4) is 11.5 Å². The number of ether oxygens (including phenoxy) is 1. The standard InChI is InChI=1S/C19H19N3O3/c23-19(24)11-5-7-16-14-22(21-20-16)13-15-6-4-10-18(12-15)25-17-8-2-1-3-9-17/h1-4,6,8-10,12,14H,5,7,11,13H2,(H,23,24). The summed E-state index contributed by atoms with van der Waals surface area (Å²) in [7, 11) is 0. The molecule has 6 heteroatoms. The maximum atomic E-state index is 10.5. The summed E-state index contributed by atoms with van der Waals surface area (Å²) in [4.78, 5) is 10.5. The summed E-state index contributed by atoms with van der Waals surface area (Å²) in [5, 5.41) is 16.9. The zero-order valence-electron chi connectivity index (χ0n) is 13.7. The van der Waals surface area contributed by atoms with E-state index < -0.39 is 5.97 Å². The Bertz CT molecular complexity index is 831. The second kappa shape index (κ2) is 8.10. The quantitative estimate of drug-likeness (QED) is 0.680. The summed E-state index contributed by atoms with van der Waals surface area (Å²) < 4.78 is 7.58. The monoisotopic (exact) mass is 337 g/mol. The molecule has 25 heavy (non-hydrogen) atoms. The molecule has 0 saturated carbocycles. The predicted molar refractivity (Wildman–Crippen MR) is 92.7 cm³/mol. The van der Waals surface area contributed by atoms with E-state index in [4.69, 9.17) is 9.84 Å². The highest BCUT2D eigenvalue weighted by Crippen LogP contribution is 2.22. The van der Waals surface area contributed by atoms with Gasteiger partial charge in [0.15, 0.2) is 0 Å². The van der Waals surface area contributed by atoms with Crippen molar-refractivity contribution in [2.24, 2.45) is 0 Å². The Balaban J connectivity index is 1.60. The Morgan fingerprint density at radius 3 is 2.68 bits per heavy atom. The number of rotatable bonds is 8. The lowest BCUT2D eigenvalue weighted by Gasteiger charge is -2.07. The average molecular weight is 337 g/mol. The van der Waals surface area contributed by atoms with Gasteiger partial charge in [0.05, 0.1) is 12.2 Å². The van der Waals surface area contributed by atoms with Crippen molar-refractivity contribution in [2.75, 3.05) is 0 Å². The van der Waals surface area contributed by atoms with Gasteiger partial charge in [-0.25, -0.2) is 4.68 Å². The van der Waals surface area contributed by atoms with Gasteiger partial charge in [-0.2, -0.15) is 0 Å². The summed E-state index contributed by atoms with van der Waals surface area (Å²) in [5.74, 6) is 0.772. The molecule has 1 aromatic heterocycles. The Labute approximate surface area is 145 Å². The number of benzene rings is 2. The molecular weight excluding hydrogens is 318 g/mol. The molecule has 2 aromatic carbocycles. The third kappa shape index (κ3) is 5.17. The van der Waals surface area contributed by atoms with Gasteiger partial charge >= 0.3 is 5.97 Å². The van der Waals surface area contributed by atoms with E-state index >= 15 is 0 Å². The first-order valence-electron chi connectivity index (χ1n) is 8.12. The van der Waals surface area contributed by atoms with Crippen molar-refractivity contribution in [2.45, 2.75) is 25.8 Å². The molecule has 0 spiro atoms. The van der Waals surface area contributed by atoms with Crippen LogP contribution in [0.4, 0.5) is 0 Å². The fourth-order valence-electron chi connectivity index (χ4n) is 2.47. The third-order valence-electron chi connectivity index (χ3n) is 3.63. The van der Waals surface area contributed by atoms with Crippen LogP contribution in [0.25, 0.3) is 0 Å². The van der Waals surface area contributed by atoms with Crippen LogP contribution in [-0.4, -0.2) is 26.1 Å². The maximum absolute atomic E-state index is 10.5. The molecule has 0 radical (unpaired) electrons. The SMILES string of the molecule is O=C(O)CCCc1cn(Cc2cccc(Oc3ccccc3)c2)nn1. The van der Waals surface area contributed by atoms with E-state index in [9.17, 15) is 4.79 Å². The number of carbonyl (C=O) groups is 1. The first-order valence-corrected chi connectivity index (χ1v) is 8.12. The first-order chi connectivity index (χ1) is 12.2. The molecule has 6 nitrogen and oxygen atoms in total. The number of aromatic nitrogens is 3. The molecule has 128 valence electrons. The molecule has 0 amide bonds. The van der Waals surface area contributed by atoms with E-state index in [2.05, 4.69) is 10.3 Å². The fourth-order valence-corrected chi connectivity index (χ4v) is 2.47. The topological polar surface area (TPSA) is 77.2 Å². The summed E-state index contributed by atoms with van der Waals surface area (Å²) >= 11 is 0. The Morgan fingerprint density at radius 1 is 1.08 bits per heavy atom. The van der Waals surface area contributed by atoms with Crippen molar-refractivity contribution in [3.05, 3.63) is 72.1 Å². The number of hydrogen-bond acceptors (Lipinski definition) is 4. The van der Waals surface area contributed by atoms with Crippen LogP contribution in [0.2, 0.25) is 0 Å². The molecule has 0 aliphatic rings. The highest BCUT2D eigenvalue weighted by Gasteiger charge is 2.05. The molecule has 0 atom stereocenters. The van der Waals surface area contributed by atoms with E-state index in [-0.39, 0.29) is 6.42 Å². The minimum Gasteiger partial charge on any atom is -0.481 e. The maximum Gasteiger partial charge on any atom is 0.303 e. The van der Waals surface area contributed by atoms with Crippen molar-refractivity contribution in [3.63, 3.8) is 0 Å². The molecule has 1 N–H and O–H groups in total. The zero-order chi connectivity index (χ0) is 17.5. The molecule has 0 bridgehead atoms. The van der Waals surface area contributed by atoms with E-state index in [0.717, 1.165) is 22.8 Å². The number of carboxylic acids is 1. The second-order valence-corrected chi connectivity index (χ2v) is 5.72. The van der Waals surface area contributed by atoms with Crippen LogP contribution in [0.15, 0.2) is 60.8 Å². The number of para-hydroxylation sites is 1. The normalized spacial score (nSPS) is 10.6. The third-order valence-corrected chi connectivity index (χ3v) is 3.63. The minimum absolute atomic E-state index is 0.145. The molecule has 0 saturated heterocycles. The van der Waals surface area contributed by atoms with Gasteiger partial charge in [-0.3, -0.25) is 4.79 Å². The van der Waals surface area contributed by atoms with E-state index in [0.29, 0.717) is 19.4 Å². The van der Waals surface area contributed by atoms with Gasteiger partial charge in [0.2, 0.25) is 0 Å². The van der Waals surface area contributed by atoms with Gasteiger partial charge in [-0.1, -0.05) is 35.5 Å². The summed E-state index contributed by atoms with van der Waals surface area (Å²) in [6, 6.07) is 17.5. The summed E-state index contributed by atoms with van der Waals surface area (Å²) in [6.07, 6.45) is 3.18. The van der Waals surface area contributed by atoms with Gasteiger partial charge in [0.25, 0.3) is 0 Å². The average Bonchev–Trinajstić information content (AvgIpc) is 3.03. The van der Waals surface area contributed by atoms with E-state index in [1.54, 1.807) is 4.68 Å². The molecule has 3 rings (SSSR count). The van der Waals surface area contributed by atoms with Gasteiger partial charge in [-0.15, -0.1) is 5.10 Å². The predicted octanol–water partition coefficient (Wildman–Crippen LogP) is 3.53. The first kappa shape index (κ1) is 16.7. The summed E-state index contributed by atoms with van der Waals surface area (Å²) in [5.41, 5.74) is 1.85. The van der Waals surface area contributed by atoms with Crippen molar-refractivity contribution >= 4 is 5.97 Å². The fraction of sp³-hybridized carbons (Fsp3) is 0.211. The van der Waals surface area contributed by atoms with Crippen molar-refractivity contribution < 1.29 is 14.6 Å². The lowest BCUT2D eigenvalue weighted by molar-refractivity contribution is -0.137. The molecule has 0 unspecified atom stereocenters. The van der Waals surface area contributed by atoms with Crippen molar-refractivity contribution in [1.29, 1.82) is 0 Å². The Hall–Kier alpha value is -3.15. The lowest BCUT2D eigenvalue weighted by atomic mass is 10.2. The van der Waals surface area contributed by atoms with Crippen LogP contribution in [0.1, 0.15) is 24.1 Å². The largest absolute Gasteiger partial charge is 0.481 e. The molecular formula is C19H19N3O3.